The highest BCUT2D eigenvalue weighted by atomic mass is 16.3. The van der Waals surface area contributed by atoms with E-state index in [0.717, 1.165) is 37.7 Å². The maximum absolute atomic E-state index is 10.1. The summed E-state index contributed by atoms with van der Waals surface area (Å²) in [4.78, 5) is 0. The Bertz CT molecular complexity index is 833. The quantitative estimate of drug-likeness (QED) is 0.825. The van der Waals surface area contributed by atoms with Crippen LogP contribution in [0.5, 0.6) is 0 Å². The summed E-state index contributed by atoms with van der Waals surface area (Å²) >= 11 is 0. The van der Waals surface area contributed by atoms with Gasteiger partial charge in [-0.25, -0.2) is 0 Å². The van der Waals surface area contributed by atoms with Crippen LogP contribution in [0.25, 0.3) is 10.9 Å². The highest BCUT2D eigenvalue weighted by molar-refractivity contribution is 5.83. The molecule has 4 heteroatoms. The van der Waals surface area contributed by atoms with Crippen LogP contribution in [-0.4, -0.2) is 21.5 Å². The number of benzene rings is 1. The topological polar surface area (TPSA) is 61.8 Å². The van der Waals surface area contributed by atoms with Gasteiger partial charge in [0.15, 0.2) is 0 Å². The van der Waals surface area contributed by atoms with E-state index in [1.54, 1.807) is 0 Å². The molecule has 0 saturated heterocycles. The van der Waals surface area contributed by atoms with Crippen LogP contribution in [0.2, 0.25) is 0 Å². The second kappa shape index (κ2) is 7.64. The Balaban J connectivity index is 1.75. The molecule has 0 bridgehead atoms. The summed E-state index contributed by atoms with van der Waals surface area (Å²) in [7, 11) is 0. The van der Waals surface area contributed by atoms with Crippen LogP contribution < -0.4 is 0 Å². The van der Waals surface area contributed by atoms with Gasteiger partial charge in [-0.05, 0) is 62.5 Å². The summed E-state index contributed by atoms with van der Waals surface area (Å²) in [6.07, 6.45) is 10.8. The van der Waals surface area contributed by atoms with Crippen molar-refractivity contribution in [1.82, 2.24) is 9.78 Å². The van der Waals surface area contributed by atoms with Crippen molar-refractivity contribution in [3.8, 4) is 6.07 Å². The Kier molecular flexibility index (Phi) is 5.23. The standard InChI is InChI=1S/C23H31N3O/c1-2-21-20-9-8-18(23(16-24)12-10-17(15-27)11-13-23)14-22(20)26(25-21)19-6-4-3-5-7-19/h8-9,14,17,19,27H,2-7,10-13,15H2,1H3. The first-order chi connectivity index (χ1) is 13.2. The molecule has 0 unspecified atom stereocenters. The summed E-state index contributed by atoms with van der Waals surface area (Å²) in [5.41, 5.74) is 3.13. The van der Waals surface area contributed by atoms with E-state index in [2.05, 4.69) is 35.9 Å². The van der Waals surface area contributed by atoms with Crippen molar-refractivity contribution in [1.29, 1.82) is 5.26 Å². The smallest absolute Gasteiger partial charge is 0.0823 e. The van der Waals surface area contributed by atoms with Crippen molar-refractivity contribution in [3.05, 3.63) is 29.5 Å². The number of rotatable bonds is 4. The van der Waals surface area contributed by atoms with E-state index in [0.29, 0.717) is 12.0 Å². The minimum absolute atomic E-state index is 0.245. The maximum atomic E-state index is 10.1. The van der Waals surface area contributed by atoms with Crippen molar-refractivity contribution in [2.24, 2.45) is 5.92 Å². The summed E-state index contributed by atoms with van der Waals surface area (Å²) in [5, 5.41) is 25.8. The number of fused-ring (bicyclic) bond motifs is 1. The summed E-state index contributed by atoms with van der Waals surface area (Å²) in [6.45, 7) is 2.42. The molecule has 0 radical (unpaired) electrons. The van der Waals surface area contributed by atoms with Crippen LogP contribution in [0.3, 0.4) is 0 Å². The molecule has 2 aliphatic rings. The summed E-state index contributed by atoms with van der Waals surface area (Å²) in [5.74, 6) is 0.356. The lowest BCUT2D eigenvalue weighted by Gasteiger charge is -2.35. The summed E-state index contributed by atoms with van der Waals surface area (Å²) < 4.78 is 2.28. The average Bonchev–Trinajstić information content (AvgIpc) is 3.12. The normalized spacial score (nSPS) is 26.9. The molecule has 0 spiro atoms. The van der Waals surface area contributed by atoms with Crippen LogP contribution in [0.4, 0.5) is 0 Å². The molecule has 27 heavy (non-hydrogen) atoms. The maximum Gasteiger partial charge on any atom is 0.0823 e. The van der Waals surface area contributed by atoms with E-state index >= 15 is 0 Å². The molecule has 0 atom stereocenters. The largest absolute Gasteiger partial charge is 0.396 e. The molecule has 4 rings (SSSR count). The van der Waals surface area contributed by atoms with Gasteiger partial charge in [0.25, 0.3) is 0 Å². The lowest BCUT2D eigenvalue weighted by atomic mass is 9.67. The van der Waals surface area contributed by atoms with Gasteiger partial charge < -0.3 is 5.11 Å². The first-order valence-corrected chi connectivity index (χ1v) is 10.7. The predicted molar refractivity (Wildman–Crippen MR) is 108 cm³/mol. The third kappa shape index (κ3) is 3.27. The zero-order valence-corrected chi connectivity index (χ0v) is 16.5. The number of hydrogen-bond donors (Lipinski definition) is 1. The molecule has 144 valence electrons. The van der Waals surface area contributed by atoms with Crippen LogP contribution in [0.1, 0.15) is 82.0 Å². The van der Waals surface area contributed by atoms with E-state index in [1.165, 1.54) is 48.7 Å². The number of aryl methyl sites for hydroxylation is 1. The SMILES string of the molecule is CCc1nn(C2CCCCC2)c2cc(C3(C#N)CCC(CO)CC3)ccc12. The fourth-order valence-corrected chi connectivity index (χ4v) is 5.18. The van der Waals surface area contributed by atoms with Gasteiger partial charge in [0, 0.05) is 12.0 Å². The molecule has 0 amide bonds. The van der Waals surface area contributed by atoms with E-state index in [9.17, 15) is 10.4 Å². The molecule has 1 heterocycles. The zero-order chi connectivity index (χ0) is 18.9. The van der Waals surface area contributed by atoms with Gasteiger partial charge in [0.05, 0.1) is 28.7 Å². The molecule has 2 aliphatic carbocycles. The van der Waals surface area contributed by atoms with Crippen LogP contribution in [-0.2, 0) is 11.8 Å². The van der Waals surface area contributed by atoms with Gasteiger partial charge in [-0.15, -0.1) is 0 Å². The number of nitriles is 1. The van der Waals surface area contributed by atoms with Crippen molar-refractivity contribution >= 4 is 10.9 Å². The minimum atomic E-state index is -0.409. The molecule has 1 aromatic heterocycles. The van der Waals surface area contributed by atoms with Crippen molar-refractivity contribution in [2.45, 2.75) is 82.6 Å². The lowest BCUT2D eigenvalue weighted by molar-refractivity contribution is 0.168. The zero-order valence-electron chi connectivity index (χ0n) is 16.5. The highest BCUT2D eigenvalue weighted by Gasteiger charge is 2.37. The van der Waals surface area contributed by atoms with Gasteiger partial charge in [-0.1, -0.05) is 38.3 Å². The molecule has 4 nitrogen and oxygen atoms in total. The number of hydrogen-bond acceptors (Lipinski definition) is 3. The Morgan fingerprint density at radius 1 is 1.19 bits per heavy atom. The second-order valence-corrected chi connectivity index (χ2v) is 8.59. The fraction of sp³-hybridized carbons (Fsp3) is 0.652. The molecule has 2 fully saturated rings. The van der Waals surface area contributed by atoms with Crippen LogP contribution in [0, 0.1) is 17.2 Å². The van der Waals surface area contributed by atoms with Gasteiger partial charge in [-0.3, -0.25) is 4.68 Å². The highest BCUT2D eigenvalue weighted by Crippen LogP contribution is 2.42. The lowest BCUT2D eigenvalue weighted by Crippen LogP contribution is -2.31. The van der Waals surface area contributed by atoms with Gasteiger partial charge in [0.2, 0.25) is 0 Å². The Hall–Kier alpha value is -1.86. The third-order valence-corrected chi connectivity index (χ3v) is 7.02. The monoisotopic (exact) mass is 365 g/mol. The van der Waals surface area contributed by atoms with E-state index < -0.39 is 5.41 Å². The Morgan fingerprint density at radius 3 is 2.56 bits per heavy atom. The van der Waals surface area contributed by atoms with E-state index in [1.807, 2.05) is 0 Å². The number of aromatic nitrogens is 2. The van der Waals surface area contributed by atoms with Crippen molar-refractivity contribution in [2.75, 3.05) is 6.61 Å². The molecule has 1 aromatic carbocycles. The fourth-order valence-electron chi connectivity index (χ4n) is 5.18. The molecular weight excluding hydrogens is 334 g/mol. The van der Waals surface area contributed by atoms with E-state index in [-0.39, 0.29) is 6.61 Å². The molecule has 2 aromatic rings. The number of aliphatic hydroxyl groups excluding tert-OH is 1. The van der Waals surface area contributed by atoms with Gasteiger partial charge >= 0.3 is 0 Å². The predicted octanol–water partition coefficient (Wildman–Crippen LogP) is 5.05. The van der Waals surface area contributed by atoms with Crippen molar-refractivity contribution < 1.29 is 5.11 Å². The molecular formula is C23H31N3O. The summed E-state index contributed by atoms with van der Waals surface area (Å²) in [6, 6.07) is 9.78. The van der Waals surface area contributed by atoms with Crippen molar-refractivity contribution in [3.63, 3.8) is 0 Å². The third-order valence-electron chi connectivity index (χ3n) is 7.02. The molecule has 1 N–H and O–H groups in total. The number of nitrogens with zero attached hydrogens (tertiary/aromatic N) is 3. The van der Waals surface area contributed by atoms with Crippen LogP contribution >= 0.6 is 0 Å². The van der Waals surface area contributed by atoms with Gasteiger partial charge in [-0.2, -0.15) is 10.4 Å². The van der Waals surface area contributed by atoms with E-state index in [4.69, 9.17) is 5.10 Å². The first kappa shape index (κ1) is 18.5. The Labute approximate surface area is 162 Å². The average molecular weight is 366 g/mol. The second-order valence-electron chi connectivity index (χ2n) is 8.59. The number of aliphatic hydroxyl groups is 1. The first-order valence-electron chi connectivity index (χ1n) is 10.7. The molecule has 2 saturated carbocycles. The molecule has 0 aliphatic heterocycles. The van der Waals surface area contributed by atoms with Gasteiger partial charge in [0.1, 0.15) is 0 Å². The van der Waals surface area contributed by atoms with Crippen LogP contribution in [0.15, 0.2) is 18.2 Å². The minimum Gasteiger partial charge on any atom is -0.396 e. The Morgan fingerprint density at radius 2 is 1.93 bits per heavy atom.